The van der Waals surface area contributed by atoms with Crippen molar-refractivity contribution < 1.29 is 9.53 Å². The zero-order valence-corrected chi connectivity index (χ0v) is 10.9. The van der Waals surface area contributed by atoms with Crippen molar-refractivity contribution in [3.63, 3.8) is 0 Å². The van der Waals surface area contributed by atoms with Gasteiger partial charge in [-0.05, 0) is 25.9 Å². The van der Waals surface area contributed by atoms with Crippen LogP contribution in [0.3, 0.4) is 0 Å². The number of ether oxygens (including phenoxy) is 1. The summed E-state index contributed by atoms with van der Waals surface area (Å²) in [7, 11) is 3.52. The molecule has 0 saturated carbocycles. The first-order valence-corrected chi connectivity index (χ1v) is 6.05. The fraction of sp³-hybridized carbons (Fsp3) is 0.917. The van der Waals surface area contributed by atoms with Gasteiger partial charge in [0, 0.05) is 19.6 Å². The Morgan fingerprint density at radius 1 is 1.44 bits per heavy atom. The molecule has 1 atom stereocenters. The lowest BCUT2D eigenvalue weighted by Gasteiger charge is -2.38. The van der Waals surface area contributed by atoms with E-state index in [0.717, 1.165) is 32.6 Å². The van der Waals surface area contributed by atoms with Gasteiger partial charge in [-0.3, -0.25) is 9.69 Å². The van der Waals surface area contributed by atoms with E-state index >= 15 is 0 Å². The highest BCUT2D eigenvalue weighted by Crippen LogP contribution is 2.12. The van der Waals surface area contributed by atoms with E-state index < -0.39 is 0 Å². The number of methoxy groups -OCH3 is 1. The highest BCUT2D eigenvalue weighted by Gasteiger charge is 2.31. The number of piperazine rings is 1. The van der Waals surface area contributed by atoms with Gasteiger partial charge in [-0.15, -0.1) is 0 Å². The molecule has 1 rings (SSSR count). The largest absolute Gasteiger partial charge is 0.468 e. The lowest BCUT2D eigenvalue weighted by molar-refractivity contribution is -0.149. The van der Waals surface area contributed by atoms with Crippen molar-refractivity contribution in [2.75, 3.05) is 40.3 Å². The molecule has 0 aliphatic carbocycles. The van der Waals surface area contributed by atoms with E-state index in [9.17, 15) is 4.79 Å². The van der Waals surface area contributed by atoms with Crippen molar-refractivity contribution in [1.82, 2.24) is 9.80 Å². The molecule has 1 aliphatic rings. The van der Waals surface area contributed by atoms with Gasteiger partial charge in [0.25, 0.3) is 0 Å². The second-order valence-corrected chi connectivity index (χ2v) is 5.02. The molecular weight excluding hydrogens is 204 g/mol. The number of rotatable bonds is 4. The third kappa shape index (κ3) is 3.76. The fourth-order valence-corrected chi connectivity index (χ4v) is 2.01. The summed E-state index contributed by atoms with van der Waals surface area (Å²) >= 11 is 0. The molecule has 0 amide bonds. The summed E-state index contributed by atoms with van der Waals surface area (Å²) in [5.74, 6) is 0.577. The molecular formula is C12H24N2O2. The minimum atomic E-state index is -0.102. The van der Waals surface area contributed by atoms with Crippen LogP contribution in [0.2, 0.25) is 0 Å². The van der Waals surface area contributed by atoms with Crippen LogP contribution in [0.15, 0.2) is 0 Å². The molecule has 16 heavy (non-hydrogen) atoms. The van der Waals surface area contributed by atoms with Crippen LogP contribution in [0, 0.1) is 5.92 Å². The molecule has 1 aliphatic heterocycles. The smallest absolute Gasteiger partial charge is 0.324 e. The number of carbonyl (C=O) groups excluding carboxylic acids is 1. The predicted molar refractivity (Wildman–Crippen MR) is 64.3 cm³/mol. The monoisotopic (exact) mass is 228 g/mol. The average molecular weight is 228 g/mol. The standard InChI is InChI=1S/C12H24N2O2/c1-10(2)5-6-14-8-7-13(3)9-11(14)12(15)16-4/h10-11H,5-9H2,1-4H3. The first-order valence-electron chi connectivity index (χ1n) is 6.05. The van der Waals surface area contributed by atoms with Crippen molar-refractivity contribution in [3.05, 3.63) is 0 Å². The summed E-state index contributed by atoms with van der Waals surface area (Å²) < 4.78 is 4.87. The highest BCUT2D eigenvalue weighted by atomic mass is 16.5. The molecule has 0 N–H and O–H groups in total. The van der Waals surface area contributed by atoms with Crippen LogP contribution in [0.1, 0.15) is 20.3 Å². The second kappa shape index (κ2) is 6.21. The van der Waals surface area contributed by atoms with Crippen LogP contribution < -0.4 is 0 Å². The summed E-state index contributed by atoms with van der Waals surface area (Å²) in [4.78, 5) is 16.1. The second-order valence-electron chi connectivity index (χ2n) is 5.02. The quantitative estimate of drug-likeness (QED) is 0.667. The van der Waals surface area contributed by atoms with E-state index in [0.29, 0.717) is 5.92 Å². The molecule has 1 heterocycles. The van der Waals surface area contributed by atoms with Gasteiger partial charge >= 0.3 is 5.97 Å². The molecule has 0 aromatic rings. The topological polar surface area (TPSA) is 32.8 Å². The van der Waals surface area contributed by atoms with E-state index in [2.05, 4.69) is 30.7 Å². The normalized spacial score (nSPS) is 23.7. The molecule has 1 saturated heterocycles. The Bertz CT molecular complexity index is 231. The van der Waals surface area contributed by atoms with E-state index in [4.69, 9.17) is 4.74 Å². The number of esters is 1. The summed E-state index contributed by atoms with van der Waals surface area (Å²) in [5.41, 5.74) is 0. The molecule has 0 radical (unpaired) electrons. The Morgan fingerprint density at radius 2 is 2.12 bits per heavy atom. The van der Waals surface area contributed by atoms with Crippen LogP contribution in [-0.4, -0.2) is 62.1 Å². The first kappa shape index (κ1) is 13.5. The van der Waals surface area contributed by atoms with Gasteiger partial charge in [0.2, 0.25) is 0 Å². The average Bonchev–Trinajstić information content (AvgIpc) is 2.26. The Morgan fingerprint density at radius 3 is 2.69 bits per heavy atom. The van der Waals surface area contributed by atoms with Gasteiger partial charge in [0.15, 0.2) is 0 Å². The maximum atomic E-state index is 11.7. The van der Waals surface area contributed by atoms with Crippen molar-refractivity contribution in [2.45, 2.75) is 26.3 Å². The minimum absolute atomic E-state index is 0.0810. The Hall–Kier alpha value is -0.610. The zero-order valence-electron chi connectivity index (χ0n) is 10.9. The zero-order chi connectivity index (χ0) is 12.1. The number of hydrogen-bond donors (Lipinski definition) is 0. The van der Waals surface area contributed by atoms with Crippen molar-refractivity contribution in [3.8, 4) is 0 Å². The van der Waals surface area contributed by atoms with Gasteiger partial charge in [0.05, 0.1) is 7.11 Å². The Labute approximate surface area is 98.5 Å². The molecule has 1 fully saturated rings. The van der Waals surface area contributed by atoms with E-state index in [1.165, 1.54) is 7.11 Å². The highest BCUT2D eigenvalue weighted by molar-refractivity contribution is 5.76. The molecule has 0 spiro atoms. The molecule has 0 aromatic heterocycles. The van der Waals surface area contributed by atoms with Gasteiger partial charge in [-0.25, -0.2) is 0 Å². The predicted octanol–water partition coefficient (Wildman–Crippen LogP) is 0.821. The van der Waals surface area contributed by atoms with Gasteiger partial charge in [-0.2, -0.15) is 0 Å². The SMILES string of the molecule is COC(=O)C1CN(C)CCN1CCC(C)C. The molecule has 0 bridgehead atoms. The Kier molecular flexibility index (Phi) is 5.22. The number of hydrogen-bond acceptors (Lipinski definition) is 4. The lowest BCUT2D eigenvalue weighted by Crippen LogP contribution is -2.55. The van der Waals surface area contributed by atoms with Crippen LogP contribution in [-0.2, 0) is 9.53 Å². The number of nitrogens with zero attached hydrogens (tertiary/aromatic N) is 2. The van der Waals surface area contributed by atoms with Gasteiger partial charge in [-0.1, -0.05) is 13.8 Å². The van der Waals surface area contributed by atoms with E-state index in [-0.39, 0.29) is 12.0 Å². The molecule has 94 valence electrons. The number of carbonyl (C=O) groups is 1. The summed E-state index contributed by atoms with van der Waals surface area (Å²) in [5, 5.41) is 0. The summed E-state index contributed by atoms with van der Waals surface area (Å²) in [6.45, 7) is 8.19. The first-order chi connectivity index (χ1) is 7.54. The molecule has 1 unspecified atom stereocenters. The van der Waals surface area contributed by atoms with Gasteiger partial charge in [0.1, 0.15) is 6.04 Å². The van der Waals surface area contributed by atoms with E-state index in [1.54, 1.807) is 0 Å². The van der Waals surface area contributed by atoms with Crippen LogP contribution >= 0.6 is 0 Å². The summed E-state index contributed by atoms with van der Waals surface area (Å²) in [6.07, 6.45) is 1.14. The van der Waals surface area contributed by atoms with Crippen molar-refractivity contribution in [2.24, 2.45) is 5.92 Å². The van der Waals surface area contributed by atoms with Crippen LogP contribution in [0.25, 0.3) is 0 Å². The summed E-state index contributed by atoms with van der Waals surface area (Å²) in [6, 6.07) is -0.0810. The molecule has 4 heteroatoms. The maximum absolute atomic E-state index is 11.7. The third-order valence-corrected chi connectivity index (χ3v) is 3.16. The lowest BCUT2D eigenvalue weighted by atomic mass is 10.1. The third-order valence-electron chi connectivity index (χ3n) is 3.16. The maximum Gasteiger partial charge on any atom is 0.324 e. The van der Waals surface area contributed by atoms with Crippen LogP contribution in [0.5, 0.6) is 0 Å². The van der Waals surface area contributed by atoms with Crippen molar-refractivity contribution in [1.29, 1.82) is 0 Å². The van der Waals surface area contributed by atoms with Gasteiger partial charge < -0.3 is 9.64 Å². The Balaban J connectivity index is 2.54. The fourth-order valence-electron chi connectivity index (χ4n) is 2.01. The van der Waals surface area contributed by atoms with Crippen molar-refractivity contribution >= 4 is 5.97 Å². The minimum Gasteiger partial charge on any atom is -0.468 e. The van der Waals surface area contributed by atoms with Crippen LogP contribution in [0.4, 0.5) is 0 Å². The van der Waals surface area contributed by atoms with E-state index in [1.807, 2.05) is 0 Å². The molecule has 0 aromatic carbocycles. The number of likely N-dealkylation sites (N-methyl/N-ethyl adjacent to an activating group) is 1. The molecule has 4 nitrogen and oxygen atoms in total.